The maximum Gasteiger partial charge on any atom is 0.129 e. The molecular weight excluding hydrogens is 219 g/mol. The highest BCUT2D eigenvalue weighted by atomic mass is 79.9. The zero-order chi connectivity index (χ0) is 5.28. The van der Waals surface area contributed by atoms with Crippen molar-refractivity contribution in [3.05, 3.63) is 0 Å². The molecule has 2 atom stereocenters. The molecule has 1 fully saturated rings. The van der Waals surface area contributed by atoms with Crippen LogP contribution in [-0.4, -0.2) is 16.8 Å². The van der Waals surface area contributed by atoms with Gasteiger partial charge >= 0.3 is 0 Å². The molecule has 0 bridgehead atoms. The lowest BCUT2D eigenvalue weighted by atomic mass is 9.77. The smallest absolute Gasteiger partial charge is 0.0988 e. The minimum atomic E-state index is 0.664. The summed E-state index contributed by atoms with van der Waals surface area (Å²) in [7, 11) is 2.29. The van der Waals surface area contributed by atoms with Crippen molar-refractivity contribution >= 4 is 39.1 Å². The molecule has 0 amide bonds. The van der Waals surface area contributed by atoms with E-state index in [1.165, 1.54) is 12.7 Å². The number of alkyl halides is 2. The summed E-state index contributed by atoms with van der Waals surface area (Å²) in [4.78, 5) is 0.733. The predicted octanol–water partition coefficient (Wildman–Crippen LogP) is 2.00. The molecule has 1 rings (SSSR count). The zero-order valence-electron chi connectivity index (χ0n) is 3.90. The number of hydrogen-bond acceptors (Lipinski definition) is 0. The molecule has 1 heterocycles. The van der Waals surface area contributed by atoms with Crippen LogP contribution in [0.15, 0.2) is 0 Å². The average molecular weight is 225 g/mol. The minimum Gasteiger partial charge on any atom is -0.0988 e. The van der Waals surface area contributed by atoms with E-state index in [-0.39, 0.29) is 0 Å². The van der Waals surface area contributed by atoms with Crippen LogP contribution < -0.4 is 0 Å². The second kappa shape index (κ2) is 2.54. The van der Waals surface area contributed by atoms with E-state index >= 15 is 0 Å². The largest absolute Gasteiger partial charge is 0.129 e. The second-order valence-corrected chi connectivity index (χ2v) is 4.29. The molecular formula is C4H6BBr2. The van der Waals surface area contributed by atoms with Crippen molar-refractivity contribution in [1.29, 1.82) is 0 Å². The van der Waals surface area contributed by atoms with Crippen molar-refractivity contribution < 1.29 is 0 Å². The Bertz CT molecular complexity index is 58.7. The first kappa shape index (κ1) is 6.15. The van der Waals surface area contributed by atoms with Gasteiger partial charge in [-0.1, -0.05) is 38.2 Å². The lowest BCUT2D eigenvalue weighted by Gasteiger charge is -1.94. The third-order valence-electron chi connectivity index (χ3n) is 1.13. The molecule has 0 aliphatic carbocycles. The Balaban J connectivity index is 2.26. The van der Waals surface area contributed by atoms with Crippen LogP contribution in [0.25, 0.3) is 0 Å². The Labute approximate surface area is 61.6 Å². The summed E-state index contributed by atoms with van der Waals surface area (Å²) in [6.45, 7) is 0. The SMILES string of the molecule is BrC1[B]CC(Br)C1. The van der Waals surface area contributed by atoms with Crippen molar-refractivity contribution in [3.63, 3.8) is 0 Å². The van der Waals surface area contributed by atoms with Crippen LogP contribution in [0.2, 0.25) is 6.32 Å². The molecule has 1 saturated heterocycles. The molecule has 0 aromatic heterocycles. The van der Waals surface area contributed by atoms with Crippen molar-refractivity contribution in [3.8, 4) is 0 Å². The van der Waals surface area contributed by atoms with E-state index in [4.69, 9.17) is 0 Å². The van der Waals surface area contributed by atoms with Crippen LogP contribution in [0.1, 0.15) is 6.42 Å². The molecule has 0 nitrogen and oxygen atoms in total. The Morgan fingerprint density at radius 3 is 2.29 bits per heavy atom. The number of hydrogen-bond donors (Lipinski definition) is 0. The highest BCUT2D eigenvalue weighted by Gasteiger charge is 2.20. The predicted molar refractivity (Wildman–Crippen MR) is 40.6 cm³/mol. The van der Waals surface area contributed by atoms with Crippen LogP contribution in [0, 0.1) is 0 Å². The summed E-state index contributed by atoms with van der Waals surface area (Å²) >= 11 is 7.01. The lowest BCUT2D eigenvalue weighted by Crippen LogP contribution is -1.95. The molecule has 0 saturated carbocycles. The summed E-state index contributed by atoms with van der Waals surface area (Å²) in [5.74, 6) is 0. The van der Waals surface area contributed by atoms with Gasteiger partial charge in [0.25, 0.3) is 0 Å². The lowest BCUT2D eigenvalue weighted by molar-refractivity contribution is 0.960. The van der Waals surface area contributed by atoms with Gasteiger partial charge in [0.15, 0.2) is 0 Å². The molecule has 0 N–H and O–H groups in total. The average Bonchev–Trinajstić information content (AvgIpc) is 1.87. The molecule has 7 heavy (non-hydrogen) atoms. The molecule has 1 radical (unpaired) electrons. The van der Waals surface area contributed by atoms with Gasteiger partial charge in [0.05, 0.1) is 0 Å². The van der Waals surface area contributed by atoms with Gasteiger partial charge in [0.2, 0.25) is 0 Å². The van der Waals surface area contributed by atoms with Crippen LogP contribution in [0.4, 0.5) is 0 Å². The Morgan fingerprint density at radius 1 is 1.43 bits per heavy atom. The fourth-order valence-electron chi connectivity index (χ4n) is 0.732. The first-order chi connectivity index (χ1) is 3.29. The molecule has 1 aliphatic heterocycles. The van der Waals surface area contributed by atoms with Gasteiger partial charge in [-0.15, -0.1) is 0 Å². The van der Waals surface area contributed by atoms with E-state index in [0.29, 0.717) is 4.73 Å². The molecule has 0 spiro atoms. The van der Waals surface area contributed by atoms with Crippen LogP contribution >= 0.6 is 31.9 Å². The maximum absolute atomic E-state index is 3.52. The third-order valence-corrected chi connectivity index (χ3v) is 2.62. The van der Waals surface area contributed by atoms with Gasteiger partial charge in [0, 0.05) is 4.83 Å². The quantitative estimate of drug-likeness (QED) is 0.436. The second-order valence-electron chi connectivity index (χ2n) is 1.82. The summed E-state index contributed by atoms with van der Waals surface area (Å²) in [5.41, 5.74) is 0. The van der Waals surface area contributed by atoms with Crippen LogP contribution in [-0.2, 0) is 0 Å². The summed E-state index contributed by atoms with van der Waals surface area (Å²) in [6, 6.07) is 0. The van der Waals surface area contributed by atoms with Crippen molar-refractivity contribution in [2.75, 3.05) is 0 Å². The Hall–Kier alpha value is 1.02. The van der Waals surface area contributed by atoms with Gasteiger partial charge in [-0.2, -0.15) is 0 Å². The molecule has 1 aliphatic rings. The monoisotopic (exact) mass is 223 g/mol. The molecule has 39 valence electrons. The highest BCUT2D eigenvalue weighted by molar-refractivity contribution is 9.10. The van der Waals surface area contributed by atoms with Gasteiger partial charge < -0.3 is 0 Å². The Morgan fingerprint density at radius 2 is 2.14 bits per heavy atom. The fraction of sp³-hybridized carbons (Fsp3) is 1.00. The van der Waals surface area contributed by atoms with Crippen molar-refractivity contribution in [2.24, 2.45) is 0 Å². The first-order valence-electron chi connectivity index (χ1n) is 2.40. The third kappa shape index (κ3) is 1.76. The van der Waals surface area contributed by atoms with E-state index in [2.05, 4.69) is 39.1 Å². The zero-order valence-corrected chi connectivity index (χ0v) is 7.07. The number of halogens is 2. The van der Waals surface area contributed by atoms with Crippen LogP contribution in [0.5, 0.6) is 0 Å². The summed E-state index contributed by atoms with van der Waals surface area (Å²) in [6.07, 6.45) is 2.47. The van der Waals surface area contributed by atoms with E-state index < -0.39 is 0 Å². The highest BCUT2D eigenvalue weighted by Crippen LogP contribution is 2.24. The van der Waals surface area contributed by atoms with E-state index in [1.54, 1.807) is 0 Å². The minimum absolute atomic E-state index is 0.664. The molecule has 2 unspecified atom stereocenters. The Kier molecular flexibility index (Phi) is 2.23. The summed E-state index contributed by atoms with van der Waals surface area (Å²) in [5, 5.41) is 0. The molecule has 0 aromatic rings. The van der Waals surface area contributed by atoms with E-state index in [1.807, 2.05) is 0 Å². The van der Waals surface area contributed by atoms with Crippen molar-refractivity contribution in [1.82, 2.24) is 0 Å². The maximum atomic E-state index is 3.52. The van der Waals surface area contributed by atoms with Gasteiger partial charge in [-0.25, -0.2) is 0 Å². The molecule has 3 heteroatoms. The van der Waals surface area contributed by atoms with Crippen LogP contribution in [0.3, 0.4) is 0 Å². The number of rotatable bonds is 0. The fourth-order valence-corrected chi connectivity index (χ4v) is 2.52. The topological polar surface area (TPSA) is 0 Å². The van der Waals surface area contributed by atoms with Gasteiger partial charge in [0.1, 0.15) is 7.28 Å². The van der Waals surface area contributed by atoms with E-state index in [9.17, 15) is 0 Å². The summed E-state index contributed by atoms with van der Waals surface area (Å²) < 4.78 is 0.664. The first-order valence-corrected chi connectivity index (χ1v) is 4.23. The van der Waals surface area contributed by atoms with Gasteiger partial charge in [-0.3, -0.25) is 0 Å². The molecule has 0 aromatic carbocycles. The van der Waals surface area contributed by atoms with E-state index in [0.717, 1.165) is 4.83 Å². The standard InChI is InChI=1S/C4H6BBr2/c6-3-1-4(7)5-2-3/h3-4H,1-2H2. The normalized spacial score (nSPS) is 40.9. The van der Waals surface area contributed by atoms with Crippen molar-refractivity contribution in [2.45, 2.75) is 22.3 Å². The van der Waals surface area contributed by atoms with Gasteiger partial charge in [-0.05, 0) is 11.1 Å².